The zero-order valence-electron chi connectivity index (χ0n) is 11.6. The molecule has 0 amide bonds. The van der Waals surface area contributed by atoms with Crippen LogP contribution in [0.15, 0.2) is 35.2 Å². The van der Waals surface area contributed by atoms with Gasteiger partial charge in [0.2, 0.25) is 0 Å². The Labute approximate surface area is 120 Å². The van der Waals surface area contributed by atoms with Crippen molar-refractivity contribution in [2.24, 2.45) is 0 Å². The summed E-state index contributed by atoms with van der Waals surface area (Å²) >= 11 is 0. The molecule has 0 aliphatic heterocycles. The van der Waals surface area contributed by atoms with Gasteiger partial charge in [0, 0.05) is 6.92 Å². The van der Waals surface area contributed by atoms with Gasteiger partial charge in [-0.05, 0) is 18.6 Å². The molecule has 1 atom stereocenters. The van der Waals surface area contributed by atoms with Crippen molar-refractivity contribution in [3.63, 3.8) is 0 Å². The number of sulfone groups is 1. The lowest BCUT2D eigenvalue weighted by atomic mass is 10.2. The summed E-state index contributed by atoms with van der Waals surface area (Å²) in [6, 6.07) is 8.15. The average Bonchev–Trinajstić information content (AvgIpc) is 2.39. The maximum absolute atomic E-state index is 12.0. The van der Waals surface area contributed by atoms with Gasteiger partial charge in [0.15, 0.2) is 15.9 Å². The highest BCUT2D eigenvalue weighted by Gasteiger charge is 2.12. The van der Waals surface area contributed by atoms with Crippen LogP contribution in [-0.4, -0.2) is 26.2 Å². The van der Waals surface area contributed by atoms with Gasteiger partial charge in [-0.25, -0.2) is 8.42 Å². The standard InChI is InChI=1S/C15H18O4S/c1-3-8-14(19-13(2)16)9-7-12-20(17,18)15-10-5-4-6-11-15/h4-6,10-11,14H,3,8,12H2,1-2H3. The van der Waals surface area contributed by atoms with E-state index in [1.54, 1.807) is 18.2 Å². The molecule has 108 valence electrons. The molecule has 1 unspecified atom stereocenters. The third-order valence-corrected chi connectivity index (χ3v) is 4.00. The second kappa shape index (κ2) is 7.71. The molecule has 20 heavy (non-hydrogen) atoms. The molecular weight excluding hydrogens is 276 g/mol. The smallest absolute Gasteiger partial charge is 0.303 e. The van der Waals surface area contributed by atoms with E-state index in [0.717, 1.165) is 6.42 Å². The fraction of sp³-hybridized carbons (Fsp3) is 0.400. The summed E-state index contributed by atoms with van der Waals surface area (Å²) in [4.78, 5) is 11.1. The summed E-state index contributed by atoms with van der Waals surface area (Å²) in [7, 11) is -3.41. The van der Waals surface area contributed by atoms with Gasteiger partial charge < -0.3 is 4.74 Å². The van der Waals surface area contributed by atoms with Gasteiger partial charge in [0.05, 0.1) is 4.90 Å². The summed E-state index contributed by atoms with van der Waals surface area (Å²) in [6.07, 6.45) is 0.860. The van der Waals surface area contributed by atoms with Crippen molar-refractivity contribution in [2.45, 2.75) is 37.7 Å². The summed E-state index contributed by atoms with van der Waals surface area (Å²) in [5.41, 5.74) is 0. The first-order valence-electron chi connectivity index (χ1n) is 6.39. The molecule has 0 saturated heterocycles. The Balaban J connectivity index is 2.75. The maximum Gasteiger partial charge on any atom is 0.303 e. The molecule has 0 saturated carbocycles. The highest BCUT2D eigenvalue weighted by Crippen LogP contribution is 2.09. The molecule has 0 heterocycles. The van der Waals surface area contributed by atoms with E-state index in [1.165, 1.54) is 19.1 Å². The number of esters is 1. The molecular formula is C15H18O4S. The van der Waals surface area contributed by atoms with Crippen LogP contribution in [0.25, 0.3) is 0 Å². The lowest BCUT2D eigenvalue weighted by Gasteiger charge is -2.08. The van der Waals surface area contributed by atoms with Crippen LogP contribution >= 0.6 is 0 Å². The largest absolute Gasteiger partial charge is 0.449 e. The number of hydrogen-bond donors (Lipinski definition) is 0. The fourth-order valence-electron chi connectivity index (χ4n) is 1.58. The minimum atomic E-state index is -3.41. The molecule has 0 radical (unpaired) electrons. The van der Waals surface area contributed by atoms with Crippen molar-refractivity contribution in [2.75, 3.05) is 5.75 Å². The monoisotopic (exact) mass is 294 g/mol. The third-order valence-electron chi connectivity index (χ3n) is 2.49. The maximum atomic E-state index is 12.0. The van der Waals surface area contributed by atoms with Crippen molar-refractivity contribution < 1.29 is 17.9 Å². The lowest BCUT2D eigenvalue weighted by Crippen LogP contribution is -2.14. The molecule has 1 aromatic carbocycles. The third kappa shape index (κ3) is 5.45. The molecule has 0 spiro atoms. The Hall–Kier alpha value is -1.80. The van der Waals surface area contributed by atoms with Gasteiger partial charge in [-0.3, -0.25) is 4.79 Å². The van der Waals surface area contributed by atoms with E-state index in [-0.39, 0.29) is 10.6 Å². The first-order valence-corrected chi connectivity index (χ1v) is 8.04. The number of benzene rings is 1. The van der Waals surface area contributed by atoms with E-state index < -0.39 is 21.9 Å². The van der Waals surface area contributed by atoms with Crippen LogP contribution in [0.3, 0.4) is 0 Å². The minimum Gasteiger partial charge on any atom is -0.449 e. The Kier molecular flexibility index (Phi) is 6.26. The van der Waals surface area contributed by atoms with E-state index in [1.807, 2.05) is 6.92 Å². The highest BCUT2D eigenvalue weighted by atomic mass is 32.2. The first-order chi connectivity index (χ1) is 9.45. The molecule has 5 heteroatoms. The Morgan fingerprint density at radius 3 is 2.50 bits per heavy atom. The van der Waals surface area contributed by atoms with Crippen molar-refractivity contribution in [1.82, 2.24) is 0 Å². The summed E-state index contributed by atoms with van der Waals surface area (Å²) in [5, 5.41) is 0. The first kappa shape index (κ1) is 16.3. The van der Waals surface area contributed by atoms with Crippen LogP contribution in [-0.2, 0) is 19.4 Å². The molecule has 0 aliphatic rings. The number of rotatable bonds is 5. The van der Waals surface area contributed by atoms with Gasteiger partial charge in [0.25, 0.3) is 0 Å². The normalized spacial score (nSPS) is 12.1. The van der Waals surface area contributed by atoms with Crippen molar-refractivity contribution >= 4 is 15.8 Å². The second-order valence-electron chi connectivity index (χ2n) is 4.28. The Morgan fingerprint density at radius 1 is 1.30 bits per heavy atom. The number of carbonyl (C=O) groups excluding carboxylic acids is 1. The Bertz CT molecular complexity index is 594. The van der Waals surface area contributed by atoms with Crippen LogP contribution in [0.4, 0.5) is 0 Å². The molecule has 4 nitrogen and oxygen atoms in total. The van der Waals surface area contributed by atoms with E-state index in [2.05, 4.69) is 11.8 Å². The fourth-order valence-corrected chi connectivity index (χ4v) is 2.60. The van der Waals surface area contributed by atoms with Crippen molar-refractivity contribution in [3.8, 4) is 11.8 Å². The lowest BCUT2D eigenvalue weighted by molar-refractivity contribution is -0.143. The second-order valence-corrected chi connectivity index (χ2v) is 6.27. The van der Waals surface area contributed by atoms with Crippen molar-refractivity contribution in [3.05, 3.63) is 30.3 Å². The summed E-state index contributed by atoms with van der Waals surface area (Å²) in [5.74, 6) is 4.61. The highest BCUT2D eigenvalue weighted by molar-refractivity contribution is 7.91. The molecule has 1 rings (SSSR count). The average molecular weight is 294 g/mol. The van der Waals surface area contributed by atoms with Crippen LogP contribution in [0.1, 0.15) is 26.7 Å². The number of ether oxygens (including phenoxy) is 1. The van der Waals surface area contributed by atoms with E-state index in [9.17, 15) is 13.2 Å². The molecule has 0 bridgehead atoms. The van der Waals surface area contributed by atoms with E-state index in [4.69, 9.17) is 4.74 Å². The number of carbonyl (C=O) groups is 1. The van der Waals surface area contributed by atoms with E-state index in [0.29, 0.717) is 6.42 Å². The van der Waals surface area contributed by atoms with Crippen molar-refractivity contribution in [1.29, 1.82) is 0 Å². The van der Waals surface area contributed by atoms with Crippen LogP contribution in [0.2, 0.25) is 0 Å². The van der Waals surface area contributed by atoms with Gasteiger partial charge in [-0.15, -0.1) is 0 Å². The van der Waals surface area contributed by atoms with Gasteiger partial charge in [0.1, 0.15) is 5.75 Å². The number of hydrogen-bond acceptors (Lipinski definition) is 4. The molecule has 1 aromatic rings. The molecule has 0 N–H and O–H groups in total. The Morgan fingerprint density at radius 2 is 1.95 bits per heavy atom. The zero-order chi connectivity index (χ0) is 15.0. The SMILES string of the molecule is CCCC(C#CCS(=O)(=O)c1ccccc1)OC(C)=O. The van der Waals surface area contributed by atoms with Gasteiger partial charge >= 0.3 is 5.97 Å². The van der Waals surface area contributed by atoms with Crippen LogP contribution in [0.5, 0.6) is 0 Å². The topological polar surface area (TPSA) is 60.4 Å². The van der Waals surface area contributed by atoms with Gasteiger partial charge in [-0.2, -0.15) is 0 Å². The zero-order valence-corrected chi connectivity index (χ0v) is 12.4. The van der Waals surface area contributed by atoms with Crippen LogP contribution in [0, 0.1) is 11.8 Å². The predicted octanol–water partition coefficient (Wildman–Crippen LogP) is 2.20. The van der Waals surface area contributed by atoms with E-state index >= 15 is 0 Å². The summed E-state index contributed by atoms with van der Waals surface area (Å²) < 4.78 is 29.0. The molecule has 0 aromatic heterocycles. The summed E-state index contributed by atoms with van der Waals surface area (Å²) in [6.45, 7) is 3.25. The predicted molar refractivity (Wildman–Crippen MR) is 76.7 cm³/mol. The van der Waals surface area contributed by atoms with Gasteiger partial charge in [-0.1, -0.05) is 43.4 Å². The molecule has 0 fully saturated rings. The minimum absolute atomic E-state index is 0.244. The van der Waals surface area contributed by atoms with Crippen LogP contribution < -0.4 is 0 Å². The molecule has 0 aliphatic carbocycles. The quantitative estimate of drug-likeness (QED) is 0.617.